The monoisotopic (exact) mass is 223 g/mol. The van der Waals surface area contributed by atoms with Crippen LogP contribution < -0.4 is 5.32 Å². The Morgan fingerprint density at radius 3 is 2.47 bits per heavy atom. The lowest BCUT2D eigenvalue weighted by molar-refractivity contribution is 0.630. The molecule has 2 rings (SSSR count). The predicted molar refractivity (Wildman–Crippen MR) is 65.9 cm³/mol. The van der Waals surface area contributed by atoms with Gasteiger partial charge in [-0.2, -0.15) is 5.26 Å². The molecule has 84 valence electrons. The second kappa shape index (κ2) is 5.78. The van der Waals surface area contributed by atoms with Gasteiger partial charge in [0.2, 0.25) is 0 Å². The second-order valence-electron chi connectivity index (χ2n) is 3.71. The summed E-state index contributed by atoms with van der Waals surface area (Å²) in [7, 11) is 0. The van der Waals surface area contributed by atoms with Crippen molar-refractivity contribution in [2.75, 3.05) is 0 Å². The van der Waals surface area contributed by atoms with Gasteiger partial charge in [-0.25, -0.2) is 0 Å². The zero-order valence-electron chi connectivity index (χ0n) is 9.38. The standard InChI is InChI=1S/C14H13N3/c15-10-14(13-4-2-1-3-5-13)17-11-12-6-8-16-9-7-12/h1-9,14,17H,11H2. The van der Waals surface area contributed by atoms with Gasteiger partial charge in [-0.3, -0.25) is 10.3 Å². The van der Waals surface area contributed by atoms with E-state index in [1.165, 1.54) is 0 Å². The van der Waals surface area contributed by atoms with Crippen molar-refractivity contribution in [2.24, 2.45) is 0 Å². The molecule has 2 aromatic rings. The van der Waals surface area contributed by atoms with E-state index in [-0.39, 0.29) is 6.04 Å². The van der Waals surface area contributed by atoms with Gasteiger partial charge in [0, 0.05) is 18.9 Å². The van der Waals surface area contributed by atoms with Crippen LogP contribution in [0.15, 0.2) is 54.9 Å². The summed E-state index contributed by atoms with van der Waals surface area (Å²) in [6.45, 7) is 0.662. The molecule has 0 saturated heterocycles. The highest BCUT2D eigenvalue weighted by molar-refractivity contribution is 5.24. The van der Waals surface area contributed by atoms with Gasteiger partial charge in [0.1, 0.15) is 6.04 Å². The highest BCUT2D eigenvalue weighted by Gasteiger charge is 2.08. The number of pyridine rings is 1. The zero-order valence-corrected chi connectivity index (χ0v) is 9.38. The Balaban J connectivity index is 2.01. The van der Waals surface area contributed by atoms with E-state index in [0.717, 1.165) is 11.1 Å². The highest BCUT2D eigenvalue weighted by atomic mass is 14.9. The topological polar surface area (TPSA) is 48.7 Å². The van der Waals surface area contributed by atoms with E-state index < -0.39 is 0 Å². The molecule has 1 atom stereocenters. The molecule has 1 aromatic heterocycles. The van der Waals surface area contributed by atoms with Crippen LogP contribution in [-0.4, -0.2) is 4.98 Å². The van der Waals surface area contributed by atoms with Crippen molar-refractivity contribution in [3.63, 3.8) is 0 Å². The molecular weight excluding hydrogens is 210 g/mol. The third kappa shape index (κ3) is 3.13. The Kier molecular flexibility index (Phi) is 3.85. The van der Waals surface area contributed by atoms with E-state index in [0.29, 0.717) is 6.54 Å². The van der Waals surface area contributed by atoms with Crippen molar-refractivity contribution in [1.82, 2.24) is 10.3 Å². The molecule has 17 heavy (non-hydrogen) atoms. The van der Waals surface area contributed by atoms with Crippen LogP contribution in [0.25, 0.3) is 0 Å². The number of benzene rings is 1. The number of nitriles is 1. The molecule has 0 radical (unpaired) electrons. The van der Waals surface area contributed by atoms with Gasteiger partial charge in [-0.1, -0.05) is 30.3 Å². The van der Waals surface area contributed by atoms with Crippen LogP contribution in [-0.2, 0) is 6.54 Å². The van der Waals surface area contributed by atoms with Crippen molar-refractivity contribution in [1.29, 1.82) is 5.26 Å². The van der Waals surface area contributed by atoms with Gasteiger partial charge >= 0.3 is 0 Å². The SMILES string of the molecule is N#CC(NCc1ccncc1)c1ccccc1. The minimum atomic E-state index is -0.274. The first-order chi connectivity index (χ1) is 8.40. The van der Waals surface area contributed by atoms with Crippen molar-refractivity contribution >= 4 is 0 Å². The van der Waals surface area contributed by atoms with E-state index in [4.69, 9.17) is 5.26 Å². The first kappa shape index (κ1) is 11.3. The number of hydrogen-bond acceptors (Lipinski definition) is 3. The summed E-state index contributed by atoms with van der Waals surface area (Å²) >= 11 is 0. The molecule has 1 heterocycles. The van der Waals surface area contributed by atoms with Crippen LogP contribution in [0.5, 0.6) is 0 Å². The van der Waals surface area contributed by atoms with E-state index in [9.17, 15) is 0 Å². The summed E-state index contributed by atoms with van der Waals surface area (Å²) in [5, 5.41) is 12.3. The Morgan fingerprint density at radius 2 is 1.82 bits per heavy atom. The largest absolute Gasteiger partial charge is 0.294 e. The Labute approximate surface area is 101 Å². The van der Waals surface area contributed by atoms with Crippen LogP contribution >= 0.6 is 0 Å². The smallest absolute Gasteiger partial charge is 0.121 e. The maximum absolute atomic E-state index is 9.13. The summed E-state index contributed by atoms with van der Waals surface area (Å²) in [5.74, 6) is 0. The van der Waals surface area contributed by atoms with Gasteiger partial charge in [-0.15, -0.1) is 0 Å². The number of rotatable bonds is 4. The Morgan fingerprint density at radius 1 is 1.12 bits per heavy atom. The molecule has 0 bridgehead atoms. The molecule has 1 unspecified atom stereocenters. The normalized spacial score (nSPS) is 11.7. The molecule has 0 saturated carbocycles. The molecular formula is C14H13N3. The fraction of sp³-hybridized carbons (Fsp3) is 0.143. The molecule has 0 aliphatic carbocycles. The molecule has 0 fully saturated rings. The zero-order chi connectivity index (χ0) is 11.9. The predicted octanol–water partition coefficient (Wildman–Crippen LogP) is 2.44. The lowest BCUT2D eigenvalue weighted by Gasteiger charge is -2.11. The molecule has 0 aliphatic rings. The highest BCUT2D eigenvalue weighted by Crippen LogP contribution is 2.11. The van der Waals surface area contributed by atoms with Crippen molar-refractivity contribution in [3.8, 4) is 6.07 Å². The molecule has 0 amide bonds. The summed E-state index contributed by atoms with van der Waals surface area (Å²) in [6, 6.07) is 15.6. The summed E-state index contributed by atoms with van der Waals surface area (Å²) in [4.78, 5) is 3.96. The van der Waals surface area contributed by atoms with E-state index >= 15 is 0 Å². The van der Waals surface area contributed by atoms with Gasteiger partial charge in [0.15, 0.2) is 0 Å². The quantitative estimate of drug-likeness (QED) is 0.866. The summed E-state index contributed by atoms with van der Waals surface area (Å²) in [5.41, 5.74) is 2.11. The van der Waals surface area contributed by atoms with Crippen LogP contribution in [0.2, 0.25) is 0 Å². The number of nitrogens with zero attached hydrogens (tertiary/aromatic N) is 2. The van der Waals surface area contributed by atoms with Crippen LogP contribution in [0.3, 0.4) is 0 Å². The Hall–Kier alpha value is -2.18. The fourth-order valence-electron chi connectivity index (χ4n) is 1.60. The molecule has 1 N–H and O–H groups in total. The Bertz CT molecular complexity index is 488. The first-order valence-corrected chi connectivity index (χ1v) is 5.47. The molecule has 0 aliphatic heterocycles. The lowest BCUT2D eigenvalue weighted by Crippen LogP contribution is -2.19. The molecule has 3 nitrogen and oxygen atoms in total. The maximum atomic E-state index is 9.13. The minimum Gasteiger partial charge on any atom is -0.294 e. The fourth-order valence-corrected chi connectivity index (χ4v) is 1.60. The second-order valence-corrected chi connectivity index (χ2v) is 3.71. The van der Waals surface area contributed by atoms with Gasteiger partial charge in [0.05, 0.1) is 6.07 Å². The third-order valence-electron chi connectivity index (χ3n) is 2.52. The third-order valence-corrected chi connectivity index (χ3v) is 2.52. The van der Waals surface area contributed by atoms with Crippen LogP contribution in [0.1, 0.15) is 17.2 Å². The van der Waals surface area contributed by atoms with Crippen molar-refractivity contribution in [2.45, 2.75) is 12.6 Å². The van der Waals surface area contributed by atoms with Crippen LogP contribution in [0.4, 0.5) is 0 Å². The lowest BCUT2D eigenvalue weighted by atomic mass is 10.1. The summed E-state index contributed by atoms with van der Waals surface area (Å²) in [6.07, 6.45) is 3.50. The van der Waals surface area contributed by atoms with E-state index in [1.54, 1.807) is 12.4 Å². The van der Waals surface area contributed by atoms with Gasteiger partial charge in [-0.05, 0) is 23.3 Å². The molecule has 1 aromatic carbocycles. The summed E-state index contributed by atoms with van der Waals surface area (Å²) < 4.78 is 0. The molecule has 3 heteroatoms. The van der Waals surface area contributed by atoms with E-state index in [1.807, 2.05) is 42.5 Å². The first-order valence-electron chi connectivity index (χ1n) is 5.47. The van der Waals surface area contributed by atoms with Crippen LogP contribution in [0, 0.1) is 11.3 Å². The van der Waals surface area contributed by atoms with E-state index in [2.05, 4.69) is 16.4 Å². The number of hydrogen-bond donors (Lipinski definition) is 1. The van der Waals surface area contributed by atoms with Crippen molar-refractivity contribution < 1.29 is 0 Å². The number of nitrogens with one attached hydrogen (secondary N) is 1. The van der Waals surface area contributed by atoms with Crippen molar-refractivity contribution in [3.05, 3.63) is 66.0 Å². The van der Waals surface area contributed by atoms with Gasteiger partial charge in [0.25, 0.3) is 0 Å². The molecule has 0 spiro atoms. The average molecular weight is 223 g/mol. The maximum Gasteiger partial charge on any atom is 0.121 e. The van der Waals surface area contributed by atoms with Gasteiger partial charge < -0.3 is 0 Å². The minimum absolute atomic E-state index is 0.274. The average Bonchev–Trinajstić information content (AvgIpc) is 2.42. The number of aromatic nitrogens is 1.